The molecule has 0 saturated carbocycles. The lowest BCUT2D eigenvalue weighted by Crippen LogP contribution is -2.30. The predicted molar refractivity (Wildman–Crippen MR) is 453 cm³/mol. The zero-order chi connectivity index (χ0) is 83.8. The fourth-order valence-corrected chi connectivity index (χ4v) is 9.55. The third kappa shape index (κ3) is 53.2. The van der Waals surface area contributed by atoms with E-state index in [-0.39, 0.29) is 26.4 Å². The summed E-state index contributed by atoms with van der Waals surface area (Å²) in [5, 5.41) is 0. The van der Waals surface area contributed by atoms with Crippen LogP contribution in [0.1, 0.15) is 91.8 Å². The van der Waals surface area contributed by atoms with Crippen molar-refractivity contribution in [2.24, 2.45) is 11.8 Å². The number of carbonyl (C=O) groups excluding carboxylic acids is 2. The Balaban J connectivity index is 0.00000132. The second-order valence-electron chi connectivity index (χ2n) is 24.2. The van der Waals surface area contributed by atoms with Crippen molar-refractivity contribution >= 4 is 17.6 Å². The smallest absolute Gasteiger partial charge is 0.338 e. The van der Waals surface area contributed by atoms with Gasteiger partial charge in [-0.05, 0) is 163 Å². The molecule has 21 nitrogen and oxygen atoms in total. The normalized spacial score (nSPS) is 9.70. The molecule has 0 atom stereocenters. The molecule has 0 aliphatic heterocycles. The number of rotatable bonds is 52. The van der Waals surface area contributed by atoms with Crippen LogP contribution >= 0.6 is 0 Å². The molecule has 21 heteroatoms. The maximum Gasteiger partial charge on any atom is 0.338 e. The van der Waals surface area contributed by atoms with E-state index in [9.17, 15) is 9.59 Å². The van der Waals surface area contributed by atoms with Crippen molar-refractivity contribution < 1.29 is 94.9 Å². The Morgan fingerprint density at radius 1 is 0.345 bits per heavy atom. The molecule has 113 heavy (non-hydrogen) atoms. The first-order valence-corrected chi connectivity index (χ1v) is 37.1. The molecule has 0 aliphatic carbocycles. The number of methoxy groups -OCH3 is 4. The minimum atomic E-state index is -0.470. The summed E-state index contributed by atoms with van der Waals surface area (Å²) in [7, 11) is 6.56. The SMILES string of the molecule is C=COCC(COC)COC.C=COCCC(CCCCOc1ccc(C)cc1)CCOC=C.C=COCCN(CCOC=C)c1ccc(C)cc1.C=COCCOC(=O)c1cc(C)c(C(=O)OCCOC=C)cc1C.C=COCCOc1ccc(C)cc1.C=COCc1cc(OC)cc(OC)c1.C=COc1ccc(C)cc1. The van der Waals surface area contributed by atoms with Gasteiger partial charge in [0.1, 0.15) is 88.2 Å². The summed E-state index contributed by atoms with van der Waals surface area (Å²) in [5.41, 5.74) is 9.18. The Morgan fingerprint density at radius 3 is 1.11 bits per heavy atom. The van der Waals surface area contributed by atoms with E-state index in [4.69, 9.17) is 85.3 Å². The van der Waals surface area contributed by atoms with Gasteiger partial charge in [-0.15, -0.1) is 0 Å². The molecule has 6 rings (SSSR count). The van der Waals surface area contributed by atoms with Crippen molar-refractivity contribution in [1.82, 2.24) is 0 Å². The van der Waals surface area contributed by atoms with Gasteiger partial charge in [0.25, 0.3) is 0 Å². The molecule has 0 saturated heterocycles. The van der Waals surface area contributed by atoms with E-state index in [1.54, 1.807) is 54.4 Å². The molecule has 620 valence electrons. The number of nitrogens with zero attached hydrogens (tertiary/aromatic N) is 1. The summed E-state index contributed by atoms with van der Waals surface area (Å²) in [6.07, 6.45) is 19.6. The minimum absolute atomic E-state index is 0.121. The molecule has 0 amide bonds. The fourth-order valence-electron chi connectivity index (χ4n) is 9.55. The van der Waals surface area contributed by atoms with Gasteiger partial charge in [0.05, 0.1) is 141 Å². The maximum atomic E-state index is 12.1. The topological polar surface area (TPSA) is 204 Å². The molecular formula is C92H127NO20. The molecule has 0 unspecified atom stereocenters. The summed E-state index contributed by atoms with van der Waals surface area (Å²) < 4.78 is 92.1. The summed E-state index contributed by atoms with van der Waals surface area (Å²) in [6.45, 7) is 55.8. The summed E-state index contributed by atoms with van der Waals surface area (Å²) in [5.74, 6) is 4.13. The van der Waals surface area contributed by atoms with E-state index in [2.05, 4.69) is 121 Å². The molecule has 0 heterocycles. The zero-order valence-corrected chi connectivity index (χ0v) is 68.8. The van der Waals surface area contributed by atoms with E-state index >= 15 is 0 Å². The Morgan fingerprint density at radius 2 is 0.717 bits per heavy atom. The Hall–Kier alpha value is -11.4. The number of unbranched alkanes of at least 4 members (excludes halogenated alkanes) is 1. The van der Waals surface area contributed by atoms with Gasteiger partial charge in [0, 0.05) is 31.9 Å². The van der Waals surface area contributed by atoms with Crippen molar-refractivity contribution in [1.29, 1.82) is 0 Å². The zero-order valence-electron chi connectivity index (χ0n) is 68.8. The van der Waals surface area contributed by atoms with Gasteiger partial charge in [-0.2, -0.15) is 0 Å². The quantitative estimate of drug-likeness (QED) is 0.0198. The molecule has 0 fully saturated rings. The van der Waals surface area contributed by atoms with Gasteiger partial charge >= 0.3 is 11.9 Å². The van der Waals surface area contributed by atoms with Crippen LogP contribution in [0.5, 0.6) is 28.7 Å². The van der Waals surface area contributed by atoms with Crippen LogP contribution < -0.4 is 28.6 Å². The van der Waals surface area contributed by atoms with E-state index in [0.29, 0.717) is 86.9 Å². The number of carbonyl (C=O) groups is 2. The summed E-state index contributed by atoms with van der Waals surface area (Å²) in [6, 6.07) is 41.2. The monoisotopic (exact) mass is 1570 g/mol. The highest BCUT2D eigenvalue weighted by Gasteiger charge is 2.18. The number of hydrogen-bond donors (Lipinski definition) is 0. The average molecular weight is 1570 g/mol. The first kappa shape index (κ1) is 102. The average Bonchev–Trinajstić information content (AvgIpc) is 0.818. The summed E-state index contributed by atoms with van der Waals surface area (Å²) >= 11 is 0. The lowest BCUT2D eigenvalue weighted by atomic mass is 9.95. The third-order valence-electron chi connectivity index (χ3n) is 15.4. The molecular weight excluding hydrogens is 1440 g/mol. The van der Waals surface area contributed by atoms with Crippen LogP contribution in [0.4, 0.5) is 5.69 Å². The number of anilines is 1. The number of benzene rings is 6. The van der Waals surface area contributed by atoms with E-state index in [0.717, 1.165) is 99.3 Å². The number of aryl methyl sites for hydroxylation is 6. The van der Waals surface area contributed by atoms with Gasteiger partial charge in [-0.25, -0.2) is 9.59 Å². The molecule has 0 radical (unpaired) electrons. The van der Waals surface area contributed by atoms with E-state index < -0.39 is 11.9 Å². The van der Waals surface area contributed by atoms with Gasteiger partial charge < -0.3 is 90.2 Å². The first-order valence-electron chi connectivity index (χ1n) is 37.1. The molecule has 6 aromatic carbocycles. The van der Waals surface area contributed by atoms with Crippen molar-refractivity contribution in [2.75, 3.05) is 139 Å². The standard InChI is InChI=1S/C20H30O3.C18H22O6.C15H21NO2.C11H14O3.C11H14O2.C9H10O.C8H16O3/c1-4-21-16-13-19(14-17-22-5-2)8-6-7-15-23-20-11-9-18(3)10-12-20;1-5-21-7-9-23-17(19)15-11-14(4)16(12-13(15)3)18(20)24-10-8-22-6-2;1-4-17-12-10-16(11-13-18-5-2)15-8-6-14(3)7-9-15;1-4-14-8-9-5-10(12-2)7-11(6-9)13-3;1-3-12-8-9-13-11-6-4-10(2)5-7-11;1-3-10-9-6-4-8(2)5-7-9;1-4-11-7-8(5-9-2)6-10-3/h4-5,9-12,19H,1-2,6-8,13-17H2,3H3;5-6,11-12H,1-2,7-10H2,3-4H3;4-9H,1-2,10-13H2,3H3;4-7H,1,8H2,2-3H3;3-7H,1,8-9H2,2H3;3-7H,1H2,2H3;4,8H,1,5-7H2,2-3H3. The number of esters is 2. The largest absolute Gasteiger partial charge is 0.502 e. The second kappa shape index (κ2) is 69.7. The van der Waals surface area contributed by atoms with Gasteiger partial charge in [-0.1, -0.05) is 143 Å². The molecule has 0 aliphatic rings. The van der Waals surface area contributed by atoms with Gasteiger partial charge in [-0.3, -0.25) is 0 Å². The molecule has 0 N–H and O–H groups in total. The van der Waals surface area contributed by atoms with Gasteiger partial charge in [0.2, 0.25) is 0 Å². The van der Waals surface area contributed by atoms with Crippen molar-refractivity contribution in [2.45, 2.75) is 80.3 Å². The van der Waals surface area contributed by atoms with E-state index in [1.165, 1.54) is 90.6 Å². The second-order valence-corrected chi connectivity index (χ2v) is 24.2. The maximum absolute atomic E-state index is 12.1. The van der Waals surface area contributed by atoms with Crippen LogP contribution in [0.25, 0.3) is 0 Å². The van der Waals surface area contributed by atoms with Crippen molar-refractivity contribution in [3.63, 3.8) is 0 Å². The highest BCUT2D eigenvalue weighted by Crippen LogP contribution is 2.24. The summed E-state index contributed by atoms with van der Waals surface area (Å²) in [4.78, 5) is 26.3. The molecule has 0 aromatic heterocycles. The molecule has 0 spiro atoms. The lowest BCUT2D eigenvalue weighted by molar-refractivity contribution is 0.0407. The predicted octanol–water partition coefficient (Wildman–Crippen LogP) is 19.8. The van der Waals surface area contributed by atoms with Crippen molar-refractivity contribution in [3.8, 4) is 28.7 Å². The Kier molecular flexibility index (Phi) is 62.7. The van der Waals surface area contributed by atoms with Crippen LogP contribution in [0.15, 0.2) is 256 Å². The van der Waals surface area contributed by atoms with Crippen molar-refractivity contribution in [3.05, 3.63) is 306 Å². The Bertz CT molecular complexity index is 3390. The minimum Gasteiger partial charge on any atom is -0.502 e. The number of hydrogen-bond acceptors (Lipinski definition) is 21. The number of ether oxygens (including phenoxy) is 18. The highest BCUT2D eigenvalue weighted by molar-refractivity contribution is 5.96. The van der Waals surface area contributed by atoms with Crippen LogP contribution in [-0.2, 0) is 68.2 Å². The first-order chi connectivity index (χ1) is 54.8. The van der Waals surface area contributed by atoms with Crippen LogP contribution in [0.3, 0.4) is 0 Å². The van der Waals surface area contributed by atoms with E-state index in [1.807, 2.05) is 92.7 Å². The third-order valence-corrected chi connectivity index (χ3v) is 15.4. The highest BCUT2D eigenvalue weighted by atomic mass is 16.6. The molecule has 6 aromatic rings. The van der Waals surface area contributed by atoms with Crippen LogP contribution in [0.2, 0.25) is 0 Å². The fraction of sp³-hybridized carbons (Fsp3) is 0.370. The molecule has 0 bridgehead atoms. The van der Waals surface area contributed by atoms with Crippen LogP contribution in [-0.4, -0.2) is 146 Å². The Labute approximate surface area is 674 Å². The van der Waals surface area contributed by atoms with Crippen LogP contribution in [0, 0.1) is 53.4 Å². The lowest BCUT2D eigenvalue weighted by Gasteiger charge is -2.24. The van der Waals surface area contributed by atoms with Gasteiger partial charge in [0.15, 0.2) is 0 Å².